The Morgan fingerprint density at radius 3 is 2.66 bits per heavy atom. The third-order valence-electron chi connectivity index (χ3n) is 6.28. The van der Waals surface area contributed by atoms with Crippen molar-refractivity contribution in [3.8, 4) is 5.69 Å². The largest absolute Gasteiger partial charge is 0.451 e. The van der Waals surface area contributed by atoms with Crippen molar-refractivity contribution >= 4 is 34.4 Å². The first-order chi connectivity index (χ1) is 16.6. The molecule has 10 heteroatoms. The van der Waals surface area contributed by atoms with Gasteiger partial charge in [-0.3, -0.25) is 9.59 Å². The average molecular weight is 496 g/mol. The number of aryl methyl sites for hydroxylation is 1. The molecule has 2 aromatic carbocycles. The van der Waals surface area contributed by atoms with Gasteiger partial charge < -0.3 is 14.2 Å². The van der Waals surface area contributed by atoms with Crippen molar-refractivity contribution in [3.05, 3.63) is 76.8 Å². The number of furan rings is 1. The van der Waals surface area contributed by atoms with Gasteiger partial charge in [0.05, 0.1) is 11.2 Å². The van der Waals surface area contributed by atoms with Gasteiger partial charge >= 0.3 is 0 Å². The first-order valence-corrected chi connectivity index (χ1v) is 11.5. The number of carbonyl (C=O) groups is 2. The third kappa shape index (κ3) is 4.16. The number of rotatable bonds is 3. The van der Waals surface area contributed by atoms with Crippen LogP contribution in [0.3, 0.4) is 0 Å². The third-order valence-corrected chi connectivity index (χ3v) is 6.52. The number of amides is 2. The molecule has 1 aliphatic rings. The average Bonchev–Trinajstić information content (AvgIpc) is 3.43. The summed E-state index contributed by atoms with van der Waals surface area (Å²) in [4.78, 5) is 34.1. The first-order valence-electron chi connectivity index (χ1n) is 11.1. The lowest BCUT2D eigenvalue weighted by Gasteiger charge is -2.46. The quantitative estimate of drug-likeness (QED) is 0.418. The number of hydrogen-bond donors (Lipinski definition) is 0. The highest BCUT2D eigenvalue weighted by atomic mass is 35.5. The number of hydrogen-bond acceptors (Lipinski definition) is 5. The summed E-state index contributed by atoms with van der Waals surface area (Å²) in [5, 5.41) is 5.46. The standard InChI is InChI=1S/C25H23ClFN5O3/c1-15-19-12-17(27)7-8-20(19)35-21(15)23(33)30-9-10-31(25(2,3)13-30)24(34)22-28-14-32(29-22)18-6-4-5-16(26)11-18/h4-8,11-12,14H,9-10,13H2,1-3H3. The van der Waals surface area contributed by atoms with Crippen LogP contribution in [-0.4, -0.2) is 61.6 Å². The number of carbonyl (C=O) groups excluding carboxylic acids is 2. The van der Waals surface area contributed by atoms with E-state index in [2.05, 4.69) is 10.1 Å². The Morgan fingerprint density at radius 1 is 1.11 bits per heavy atom. The highest BCUT2D eigenvalue weighted by Crippen LogP contribution is 2.29. The monoisotopic (exact) mass is 495 g/mol. The minimum Gasteiger partial charge on any atom is -0.451 e. The molecule has 2 amide bonds. The fraction of sp³-hybridized carbons (Fsp3) is 0.280. The molecular formula is C25H23ClFN5O3. The molecule has 0 spiro atoms. The van der Waals surface area contributed by atoms with Crippen LogP contribution in [0, 0.1) is 12.7 Å². The molecule has 1 saturated heterocycles. The van der Waals surface area contributed by atoms with Crippen LogP contribution in [0.2, 0.25) is 5.02 Å². The number of halogens is 2. The van der Waals surface area contributed by atoms with E-state index in [0.717, 1.165) is 0 Å². The van der Waals surface area contributed by atoms with Gasteiger partial charge in [0.1, 0.15) is 17.7 Å². The first kappa shape index (κ1) is 23.0. The Morgan fingerprint density at radius 2 is 1.91 bits per heavy atom. The normalized spacial score (nSPS) is 15.6. The van der Waals surface area contributed by atoms with Gasteiger partial charge in [-0.25, -0.2) is 14.1 Å². The smallest absolute Gasteiger partial charge is 0.294 e. The minimum absolute atomic E-state index is 0.0629. The Bertz CT molecular complexity index is 1460. The van der Waals surface area contributed by atoms with Crippen molar-refractivity contribution in [1.29, 1.82) is 0 Å². The van der Waals surface area contributed by atoms with Crippen LogP contribution >= 0.6 is 11.6 Å². The van der Waals surface area contributed by atoms with Crippen molar-refractivity contribution in [2.45, 2.75) is 26.3 Å². The van der Waals surface area contributed by atoms with Gasteiger partial charge in [-0.05, 0) is 57.2 Å². The summed E-state index contributed by atoms with van der Waals surface area (Å²) in [6.45, 7) is 6.42. The summed E-state index contributed by atoms with van der Waals surface area (Å²) in [7, 11) is 0. The molecule has 1 fully saturated rings. The molecule has 0 bridgehead atoms. The van der Waals surface area contributed by atoms with Crippen LogP contribution in [0.25, 0.3) is 16.7 Å². The van der Waals surface area contributed by atoms with Crippen LogP contribution < -0.4 is 0 Å². The van der Waals surface area contributed by atoms with Gasteiger partial charge in [0.25, 0.3) is 11.8 Å². The van der Waals surface area contributed by atoms with Crippen molar-refractivity contribution in [2.75, 3.05) is 19.6 Å². The molecule has 0 aliphatic carbocycles. The van der Waals surface area contributed by atoms with Crippen molar-refractivity contribution < 1.29 is 18.4 Å². The van der Waals surface area contributed by atoms with E-state index in [1.54, 1.807) is 34.9 Å². The fourth-order valence-corrected chi connectivity index (χ4v) is 4.65. The Hall–Kier alpha value is -3.72. The lowest BCUT2D eigenvalue weighted by molar-refractivity contribution is 0.0149. The Kier molecular flexibility index (Phi) is 5.59. The van der Waals surface area contributed by atoms with Gasteiger partial charge in [-0.2, -0.15) is 0 Å². The van der Waals surface area contributed by atoms with E-state index in [9.17, 15) is 14.0 Å². The summed E-state index contributed by atoms with van der Waals surface area (Å²) in [6, 6.07) is 11.3. The molecule has 0 unspecified atom stereocenters. The summed E-state index contributed by atoms with van der Waals surface area (Å²) in [5.74, 6) is -0.753. The molecule has 1 aliphatic heterocycles. The van der Waals surface area contributed by atoms with E-state index < -0.39 is 5.54 Å². The van der Waals surface area contributed by atoms with E-state index in [0.29, 0.717) is 40.3 Å². The van der Waals surface area contributed by atoms with Gasteiger partial charge in [-0.15, -0.1) is 5.10 Å². The number of aromatic nitrogens is 3. The maximum atomic E-state index is 13.7. The van der Waals surface area contributed by atoms with Crippen molar-refractivity contribution in [2.24, 2.45) is 0 Å². The predicted octanol–water partition coefficient (Wildman–Crippen LogP) is 4.49. The van der Waals surface area contributed by atoms with Crippen molar-refractivity contribution in [1.82, 2.24) is 24.6 Å². The van der Waals surface area contributed by atoms with Crippen LogP contribution in [0.1, 0.15) is 40.6 Å². The second-order valence-corrected chi connectivity index (χ2v) is 9.62. The SMILES string of the molecule is Cc1c(C(=O)N2CCN(C(=O)c3ncn(-c4cccc(Cl)c4)n3)C(C)(C)C2)oc2ccc(F)cc12. The van der Waals surface area contributed by atoms with Gasteiger partial charge in [0.2, 0.25) is 5.82 Å². The summed E-state index contributed by atoms with van der Waals surface area (Å²) in [5.41, 5.74) is 1.07. The van der Waals surface area contributed by atoms with E-state index >= 15 is 0 Å². The molecule has 2 aromatic heterocycles. The molecule has 8 nitrogen and oxygen atoms in total. The maximum absolute atomic E-state index is 13.7. The Balaban J connectivity index is 1.34. The molecule has 0 atom stereocenters. The van der Waals surface area contributed by atoms with Crippen molar-refractivity contribution in [3.63, 3.8) is 0 Å². The number of benzene rings is 2. The lowest BCUT2D eigenvalue weighted by Crippen LogP contribution is -2.62. The fourth-order valence-electron chi connectivity index (χ4n) is 4.47. The molecule has 0 N–H and O–H groups in total. The van der Waals surface area contributed by atoms with E-state index in [1.165, 1.54) is 29.2 Å². The number of piperazine rings is 1. The van der Waals surface area contributed by atoms with Crippen LogP contribution in [-0.2, 0) is 0 Å². The minimum atomic E-state index is -0.682. The predicted molar refractivity (Wildman–Crippen MR) is 128 cm³/mol. The van der Waals surface area contributed by atoms with E-state index in [1.807, 2.05) is 19.9 Å². The van der Waals surface area contributed by atoms with E-state index in [-0.39, 0.29) is 35.8 Å². The highest BCUT2D eigenvalue weighted by Gasteiger charge is 2.41. The highest BCUT2D eigenvalue weighted by molar-refractivity contribution is 6.30. The molecule has 180 valence electrons. The van der Waals surface area contributed by atoms with Gasteiger partial charge in [0.15, 0.2) is 5.76 Å². The molecule has 3 heterocycles. The molecule has 4 aromatic rings. The van der Waals surface area contributed by atoms with Gasteiger partial charge in [-0.1, -0.05) is 17.7 Å². The van der Waals surface area contributed by atoms with Crippen LogP contribution in [0.5, 0.6) is 0 Å². The lowest BCUT2D eigenvalue weighted by atomic mass is 9.98. The molecule has 5 rings (SSSR count). The zero-order chi connectivity index (χ0) is 24.9. The molecule has 0 saturated carbocycles. The maximum Gasteiger partial charge on any atom is 0.294 e. The second-order valence-electron chi connectivity index (χ2n) is 9.19. The zero-order valence-electron chi connectivity index (χ0n) is 19.5. The van der Waals surface area contributed by atoms with Crippen LogP contribution in [0.4, 0.5) is 4.39 Å². The Labute approximate surface area is 205 Å². The van der Waals surface area contributed by atoms with E-state index in [4.69, 9.17) is 16.0 Å². The summed E-state index contributed by atoms with van der Waals surface area (Å²) >= 11 is 6.05. The number of nitrogens with zero attached hydrogens (tertiary/aromatic N) is 5. The molecular weight excluding hydrogens is 473 g/mol. The molecule has 0 radical (unpaired) electrons. The summed E-state index contributed by atoms with van der Waals surface area (Å²) < 4.78 is 20.9. The summed E-state index contributed by atoms with van der Waals surface area (Å²) in [6.07, 6.45) is 1.47. The molecule has 35 heavy (non-hydrogen) atoms. The zero-order valence-corrected chi connectivity index (χ0v) is 20.2. The second kappa shape index (κ2) is 8.49. The number of fused-ring (bicyclic) bond motifs is 1. The topological polar surface area (TPSA) is 84.5 Å². The van der Waals surface area contributed by atoms with Gasteiger partial charge in [0, 0.05) is 35.6 Å². The van der Waals surface area contributed by atoms with Crippen LogP contribution in [0.15, 0.2) is 53.2 Å².